The predicted octanol–water partition coefficient (Wildman–Crippen LogP) is 3.06. The molecule has 0 aliphatic carbocycles. The molecule has 2 aromatic rings. The summed E-state index contributed by atoms with van der Waals surface area (Å²) in [7, 11) is 0. The van der Waals surface area contributed by atoms with E-state index in [1.165, 1.54) is 0 Å². The molecule has 1 aromatic carbocycles. The number of ether oxygens (including phenoxy) is 2. The SMILES string of the molecule is C[C@H](O)c1ccc(Sc2ccc3c(c2)OCCO3)cn1. The number of benzene rings is 1. The average molecular weight is 289 g/mol. The minimum Gasteiger partial charge on any atom is -0.486 e. The molecule has 20 heavy (non-hydrogen) atoms. The van der Waals surface area contributed by atoms with Crippen molar-refractivity contribution in [2.75, 3.05) is 13.2 Å². The number of aliphatic hydroxyl groups is 1. The van der Waals surface area contributed by atoms with Crippen LogP contribution >= 0.6 is 11.8 Å². The lowest BCUT2D eigenvalue weighted by Gasteiger charge is -2.18. The lowest BCUT2D eigenvalue weighted by molar-refractivity contribution is 0.171. The van der Waals surface area contributed by atoms with Gasteiger partial charge in [-0.2, -0.15) is 0 Å². The van der Waals surface area contributed by atoms with Gasteiger partial charge in [-0.15, -0.1) is 0 Å². The van der Waals surface area contributed by atoms with E-state index in [-0.39, 0.29) is 0 Å². The molecular formula is C15H15NO3S. The Morgan fingerprint density at radius 2 is 1.85 bits per heavy atom. The maximum Gasteiger partial charge on any atom is 0.162 e. The summed E-state index contributed by atoms with van der Waals surface area (Å²) in [6, 6.07) is 9.69. The van der Waals surface area contributed by atoms with E-state index in [9.17, 15) is 5.11 Å². The van der Waals surface area contributed by atoms with Gasteiger partial charge in [0, 0.05) is 16.0 Å². The van der Waals surface area contributed by atoms with Crippen molar-refractivity contribution < 1.29 is 14.6 Å². The molecular weight excluding hydrogens is 274 g/mol. The molecule has 4 nitrogen and oxygen atoms in total. The Kier molecular flexibility index (Phi) is 3.80. The minimum absolute atomic E-state index is 0.539. The van der Waals surface area contributed by atoms with Crippen LogP contribution in [0, 0.1) is 0 Å². The number of hydrogen-bond acceptors (Lipinski definition) is 5. The van der Waals surface area contributed by atoms with Crippen molar-refractivity contribution in [3.05, 3.63) is 42.2 Å². The van der Waals surface area contributed by atoms with Crippen molar-refractivity contribution in [3.8, 4) is 11.5 Å². The molecule has 104 valence electrons. The molecule has 1 aliphatic heterocycles. The third-order valence-corrected chi connectivity index (χ3v) is 3.90. The summed E-state index contributed by atoms with van der Waals surface area (Å²) < 4.78 is 11.1. The molecule has 3 rings (SSSR count). The third-order valence-electron chi connectivity index (χ3n) is 2.94. The van der Waals surface area contributed by atoms with E-state index in [1.54, 1.807) is 24.9 Å². The molecule has 0 saturated heterocycles. The van der Waals surface area contributed by atoms with Crippen LogP contribution in [0.1, 0.15) is 18.7 Å². The third kappa shape index (κ3) is 2.89. The highest BCUT2D eigenvalue weighted by atomic mass is 32.2. The number of hydrogen-bond donors (Lipinski definition) is 1. The van der Waals surface area contributed by atoms with Crippen LogP contribution in [0.4, 0.5) is 0 Å². The molecule has 0 amide bonds. The fraction of sp³-hybridized carbons (Fsp3) is 0.267. The Labute approximate surface area is 121 Å². The minimum atomic E-state index is -0.539. The van der Waals surface area contributed by atoms with E-state index in [1.807, 2.05) is 30.3 Å². The van der Waals surface area contributed by atoms with E-state index in [4.69, 9.17) is 9.47 Å². The highest BCUT2D eigenvalue weighted by Crippen LogP contribution is 2.36. The number of pyridine rings is 1. The molecule has 0 bridgehead atoms. The van der Waals surface area contributed by atoms with Crippen LogP contribution in [-0.4, -0.2) is 23.3 Å². The second-order valence-electron chi connectivity index (χ2n) is 4.50. The van der Waals surface area contributed by atoms with E-state index < -0.39 is 6.10 Å². The van der Waals surface area contributed by atoms with Gasteiger partial charge in [0.05, 0.1) is 11.8 Å². The van der Waals surface area contributed by atoms with Gasteiger partial charge in [-0.25, -0.2) is 0 Å². The summed E-state index contributed by atoms with van der Waals surface area (Å²) >= 11 is 1.60. The van der Waals surface area contributed by atoms with Crippen molar-refractivity contribution in [1.29, 1.82) is 0 Å². The summed E-state index contributed by atoms with van der Waals surface area (Å²) in [5.41, 5.74) is 0.677. The van der Waals surface area contributed by atoms with E-state index in [2.05, 4.69) is 4.98 Å². The topological polar surface area (TPSA) is 51.6 Å². The Hall–Kier alpha value is -1.72. The highest BCUT2D eigenvalue weighted by Gasteiger charge is 2.12. The van der Waals surface area contributed by atoms with Crippen LogP contribution in [0.5, 0.6) is 11.5 Å². The van der Waals surface area contributed by atoms with Gasteiger partial charge in [0.1, 0.15) is 13.2 Å². The van der Waals surface area contributed by atoms with Gasteiger partial charge in [0.15, 0.2) is 11.5 Å². The molecule has 5 heteroatoms. The first kappa shape index (κ1) is 13.3. The maximum atomic E-state index is 9.44. The quantitative estimate of drug-likeness (QED) is 0.941. The largest absolute Gasteiger partial charge is 0.486 e. The molecule has 0 spiro atoms. The van der Waals surface area contributed by atoms with Gasteiger partial charge in [-0.3, -0.25) is 4.98 Å². The Morgan fingerprint density at radius 1 is 1.10 bits per heavy atom. The van der Waals surface area contributed by atoms with Gasteiger partial charge in [-0.1, -0.05) is 11.8 Å². The van der Waals surface area contributed by atoms with Gasteiger partial charge in [0.25, 0.3) is 0 Å². The number of aliphatic hydroxyl groups excluding tert-OH is 1. The first-order valence-electron chi connectivity index (χ1n) is 6.44. The van der Waals surface area contributed by atoms with E-state index in [0.29, 0.717) is 18.9 Å². The van der Waals surface area contributed by atoms with Crippen molar-refractivity contribution in [3.63, 3.8) is 0 Å². The molecule has 1 N–H and O–H groups in total. The molecule has 2 heterocycles. The molecule has 0 fully saturated rings. The molecule has 0 radical (unpaired) electrons. The monoisotopic (exact) mass is 289 g/mol. The van der Waals surface area contributed by atoms with Crippen molar-refractivity contribution in [2.24, 2.45) is 0 Å². The Bertz CT molecular complexity index is 599. The molecule has 1 aromatic heterocycles. The summed E-state index contributed by atoms with van der Waals surface area (Å²) in [5, 5.41) is 9.44. The summed E-state index contributed by atoms with van der Waals surface area (Å²) in [5.74, 6) is 1.58. The normalized spacial score (nSPS) is 14.9. The van der Waals surface area contributed by atoms with Crippen LogP contribution < -0.4 is 9.47 Å². The predicted molar refractivity (Wildman–Crippen MR) is 76.4 cm³/mol. The zero-order valence-electron chi connectivity index (χ0n) is 11.1. The van der Waals surface area contributed by atoms with Gasteiger partial charge < -0.3 is 14.6 Å². The van der Waals surface area contributed by atoms with Crippen LogP contribution in [0.15, 0.2) is 46.3 Å². The molecule has 0 saturated carbocycles. The average Bonchev–Trinajstić information content (AvgIpc) is 2.48. The second kappa shape index (κ2) is 5.73. The summed E-state index contributed by atoms with van der Waals surface area (Å²) in [4.78, 5) is 6.32. The van der Waals surface area contributed by atoms with Gasteiger partial charge in [-0.05, 0) is 37.3 Å². The van der Waals surface area contributed by atoms with Crippen LogP contribution in [0.2, 0.25) is 0 Å². The second-order valence-corrected chi connectivity index (χ2v) is 5.65. The number of nitrogens with zero attached hydrogens (tertiary/aromatic N) is 1. The van der Waals surface area contributed by atoms with Crippen molar-refractivity contribution >= 4 is 11.8 Å². The maximum absolute atomic E-state index is 9.44. The standard InChI is InChI=1S/C15H15NO3S/c1-10(17)13-4-2-12(9-16-13)20-11-3-5-14-15(8-11)19-7-6-18-14/h2-5,8-10,17H,6-7H2,1H3/t10-/m0/s1. The molecule has 1 atom stereocenters. The Morgan fingerprint density at radius 3 is 2.55 bits per heavy atom. The number of fused-ring (bicyclic) bond motifs is 1. The van der Waals surface area contributed by atoms with Crippen molar-refractivity contribution in [2.45, 2.75) is 22.8 Å². The number of aromatic nitrogens is 1. The van der Waals surface area contributed by atoms with Crippen LogP contribution in [0.25, 0.3) is 0 Å². The van der Waals surface area contributed by atoms with Crippen LogP contribution in [-0.2, 0) is 0 Å². The van der Waals surface area contributed by atoms with Gasteiger partial charge in [0.2, 0.25) is 0 Å². The lowest BCUT2D eigenvalue weighted by Crippen LogP contribution is -2.15. The van der Waals surface area contributed by atoms with Gasteiger partial charge >= 0.3 is 0 Å². The summed E-state index contributed by atoms with van der Waals surface area (Å²) in [6.45, 7) is 2.89. The highest BCUT2D eigenvalue weighted by molar-refractivity contribution is 7.99. The fourth-order valence-electron chi connectivity index (χ4n) is 1.92. The van der Waals surface area contributed by atoms with Crippen molar-refractivity contribution in [1.82, 2.24) is 4.98 Å². The molecule has 0 unspecified atom stereocenters. The zero-order chi connectivity index (χ0) is 13.9. The van der Waals surface area contributed by atoms with Crippen LogP contribution in [0.3, 0.4) is 0 Å². The Balaban J connectivity index is 1.77. The fourth-order valence-corrected chi connectivity index (χ4v) is 2.74. The summed E-state index contributed by atoms with van der Waals surface area (Å²) in [6.07, 6.45) is 1.23. The zero-order valence-corrected chi connectivity index (χ0v) is 11.9. The first-order chi connectivity index (χ1) is 9.72. The first-order valence-corrected chi connectivity index (χ1v) is 7.25. The smallest absolute Gasteiger partial charge is 0.162 e. The van der Waals surface area contributed by atoms with E-state index in [0.717, 1.165) is 21.3 Å². The lowest BCUT2D eigenvalue weighted by atomic mass is 10.2. The number of rotatable bonds is 3. The van der Waals surface area contributed by atoms with E-state index >= 15 is 0 Å². The molecule has 1 aliphatic rings.